The van der Waals surface area contributed by atoms with Crippen molar-refractivity contribution in [2.24, 2.45) is 0 Å². The summed E-state index contributed by atoms with van der Waals surface area (Å²) in [4.78, 5) is 13.0. The minimum Gasteiger partial charge on any atom is -0.404 e. The maximum atomic E-state index is 12.4. The molecule has 0 heterocycles. The van der Waals surface area contributed by atoms with E-state index in [4.69, 9.17) is 11.6 Å². The first kappa shape index (κ1) is 18.5. The normalized spacial score (nSPS) is 12.5. The van der Waals surface area contributed by atoms with Crippen LogP contribution < -0.4 is 10.1 Å². The van der Waals surface area contributed by atoms with Gasteiger partial charge < -0.3 is 10.1 Å². The van der Waals surface area contributed by atoms with Crippen molar-refractivity contribution in [2.75, 3.05) is 5.32 Å². The lowest BCUT2D eigenvalue weighted by Gasteiger charge is -2.16. The van der Waals surface area contributed by atoms with Gasteiger partial charge in [0.05, 0.1) is 10.9 Å². The molecule has 1 amide bonds. The number of carbonyl (C=O) groups is 1. The summed E-state index contributed by atoms with van der Waals surface area (Å²) >= 11 is 7.06. The van der Waals surface area contributed by atoms with Crippen LogP contribution in [0.1, 0.15) is 6.92 Å². The zero-order valence-electron chi connectivity index (χ0n) is 12.4. The number of nitrogens with one attached hydrogen (secondary N) is 1. The van der Waals surface area contributed by atoms with Gasteiger partial charge in [-0.05, 0) is 43.3 Å². The smallest absolute Gasteiger partial charge is 0.404 e. The van der Waals surface area contributed by atoms with Crippen molar-refractivity contribution >= 4 is 35.0 Å². The third-order valence-electron chi connectivity index (χ3n) is 2.87. The summed E-state index contributed by atoms with van der Waals surface area (Å²) in [5.41, 5.74) is -0.0385. The molecule has 8 heteroatoms. The molecule has 0 aromatic heterocycles. The topological polar surface area (TPSA) is 38.3 Å². The van der Waals surface area contributed by atoms with Crippen LogP contribution in [0.3, 0.4) is 0 Å². The van der Waals surface area contributed by atoms with E-state index in [9.17, 15) is 18.0 Å². The Morgan fingerprint density at radius 2 is 1.79 bits per heavy atom. The minimum absolute atomic E-state index is 0.0385. The van der Waals surface area contributed by atoms with Crippen molar-refractivity contribution in [3.05, 3.63) is 53.6 Å². The molecule has 128 valence electrons. The summed E-state index contributed by atoms with van der Waals surface area (Å²) in [7, 11) is 0. The van der Waals surface area contributed by atoms with Crippen LogP contribution in [0.5, 0.6) is 5.75 Å². The summed E-state index contributed by atoms with van der Waals surface area (Å²) in [6, 6.07) is 12.3. The number of rotatable bonds is 5. The molecule has 2 aromatic carbocycles. The molecule has 3 nitrogen and oxygen atoms in total. The molecule has 0 saturated carbocycles. The van der Waals surface area contributed by atoms with Gasteiger partial charge in [-0.2, -0.15) is 0 Å². The fourth-order valence-corrected chi connectivity index (χ4v) is 2.78. The number of alkyl halides is 3. The number of para-hydroxylation sites is 2. The van der Waals surface area contributed by atoms with E-state index in [1.54, 1.807) is 31.2 Å². The predicted octanol–water partition coefficient (Wildman–Crippen LogP) is 5.36. The zero-order chi connectivity index (χ0) is 17.7. The fourth-order valence-electron chi connectivity index (χ4n) is 1.79. The van der Waals surface area contributed by atoms with Gasteiger partial charge in [0.2, 0.25) is 5.91 Å². The largest absolute Gasteiger partial charge is 0.573 e. The van der Waals surface area contributed by atoms with Crippen LogP contribution in [0.15, 0.2) is 53.4 Å². The highest BCUT2D eigenvalue weighted by Crippen LogP contribution is 2.31. The van der Waals surface area contributed by atoms with Gasteiger partial charge in [0.1, 0.15) is 0 Å². The van der Waals surface area contributed by atoms with Gasteiger partial charge in [-0.1, -0.05) is 23.7 Å². The van der Waals surface area contributed by atoms with Crippen molar-refractivity contribution in [3.8, 4) is 5.75 Å². The van der Waals surface area contributed by atoms with E-state index in [-0.39, 0.29) is 5.69 Å². The van der Waals surface area contributed by atoms with Gasteiger partial charge >= 0.3 is 6.36 Å². The van der Waals surface area contributed by atoms with E-state index < -0.39 is 23.3 Å². The van der Waals surface area contributed by atoms with E-state index in [0.29, 0.717) is 5.02 Å². The van der Waals surface area contributed by atoms with Gasteiger partial charge in [0.15, 0.2) is 5.75 Å². The number of carbonyl (C=O) groups excluding carboxylic acids is 1. The summed E-state index contributed by atoms with van der Waals surface area (Å²) in [6.07, 6.45) is -4.83. The van der Waals surface area contributed by atoms with Crippen LogP contribution in [-0.4, -0.2) is 17.5 Å². The molecule has 0 aliphatic heterocycles. The molecule has 0 fully saturated rings. The Morgan fingerprint density at radius 3 is 2.42 bits per heavy atom. The summed E-state index contributed by atoms with van der Waals surface area (Å²) in [5.74, 6) is -0.893. The average molecular weight is 376 g/mol. The minimum atomic E-state index is -4.83. The van der Waals surface area contributed by atoms with Gasteiger partial charge in [-0.15, -0.1) is 24.9 Å². The van der Waals surface area contributed by atoms with E-state index in [1.807, 2.05) is 0 Å². The first-order valence-corrected chi connectivity index (χ1v) is 8.08. The highest BCUT2D eigenvalue weighted by atomic mass is 35.5. The Balaban J connectivity index is 2.05. The highest BCUT2D eigenvalue weighted by Gasteiger charge is 2.32. The maximum Gasteiger partial charge on any atom is 0.573 e. The molecule has 0 saturated heterocycles. The lowest BCUT2D eigenvalue weighted by Crippen LogP contribution is -2.24. The van der Waals surface area contributed by atoms with Crippen LogP contribution in [-0.2, 0) is 4.79 Å². The third kappa shape index (κ3) is 5.65. The number of anilines is 1. The van der Waals surface area contributed by atoms with E-state index >= 15 is 0 Å². The molecule has 0 aliphatic rings. The number of amides is 1. The maximum absolute atomic E-state index is 12.4. The molecule has 0 bridgehead atoms. The second-order valence-electron chi connectivity index (χ2n) is 4.75. The number of hydrogen-bond acceptors (Lipinski definition) is 3. The Kier molecular flexibility index (Phi) is 6.01. The second-order valence-corrected chi connectivity index (χ2v) is 6.60. The molecule has 0 aliphatic carbocycles. The zero-order valence-corrected chi connectivity index (χ0v) is 14.0. The first-order valence-electron chi connectivity index (χ1n) is 6.82. The first-order chi connectivity index (χ1) is 11.2. The molecule has 24 heavy (non-hydrogen) atoms. The SMILES string of the molecule is CC(Sc1ccc(Cl)cc1)C(=O)Nc1ccccc1OC(F)(F)F. The van der Waals surface area contributed by atoms with Crippen LogP contribution >= 0.6 is 23.4 Å². The number of thioether (sulfide) groups is 1. The van der Waals surface area contributed by atoms with E-state index in [0.717, 1.165) is 11.0 Å². The second kappa shape index (κ2) is 7.81. The Bertz CT molecular complexity index is 707. The van der Waals surface area contributed by atoms with Gasteiger partial charge in [-0.3, -0.25) is 4.79 Å². The quantitative estimate of drug-likeness (QED) is 0.715. The van der Waals surface area contributed by atoms with Crippen LogP contribution in [0.4, 0.5) is 18.9 Å². The van der Waals surface area contributed by atoms with Crippen LogP contribution in [0, 0.1) is 0 Å². The Labute approximate surface area is 146 Å². The Morgan fingerprint density at radius 1 is 1.17 bits per heavy atom. The number of hydrogen-bond donors (Lipinski definition) is 1. The molecule has 0 spiro atoms. The van der Waals surface area contributed by atoms with Crippen LogP contribution in [0.25, 0.3) is 0 Å². The molecule has 0 radical (unpaired) electrons. The van der Waals surface area contributed by atoms with E-state index in [1.165, 1.54) is 30.0 Å². The molecule has 1 atom stereocenters. The molecular formula is C16H13ClF3NO2S. The summed E-state index contributed by atoms with van der Waals surface area (Å²) in [5, 5.41) is 2.51. The summed E-state index contributed by atoms with van der Waals surface area (Å²) in [6.45, 7) is 1.65. The molecule has 2 rings (SSSR count). The third-order valence-corrected chi connectivity index (χ3v) is 4.23. The number of ether oxygens (including phenoxy) is 1. The van der Waals surface area contributed by atoms with Crippen molar-refractivity contribution in [3.63, 3.8) is 0 Å². The Hall–Kier alpha value is -1.86. The number of benzene rings is 2. The molecular weight excluding hydrogens is 363 g/mol. The molecule has 1 N–H and O–H groups in total. The fraction of sp³-hybridized carbons (Fsp3) is 0.188. The van der Waals surface area contributed by atoms with E-state index in [2.05, 4.69) is 10.1 Å². The van der Waals surface area contributed by atoms with Crippen molar-refractivity contribution < 1.29 is 22.7 Å². The van der Waals surface area contributed by atoms with Crippen molar-refractivity contribution in [2.45, 2.75) is 23.4 Å². The molecule has 2 aromatic rings. The standard InChI is InChI=1S/C16H13ClF3NO2S/c1-10(24-12-8-6-11(17)7-9-12)15(22)21-13-4-2-3-5-14(13)23-16(18,19)20/h2-10H,1H3,(H,21,22). The predicted molar refractivity (Wildman–Crippen MR) is 88.5 cm³/mol. The van der Waals surface area contributed by atoms with Gasteiger partial charge in [0.25, 0.3) is 0 Å². The summed E-state index contributed by atoms with van der Waals surface area (Å²) < 4.78 is 41.1. The highest BCUT2D eigenvalue weighted by molar-refractivity contribution is 8.00. The monoisotopic (exact) mass is 375 g/mol. The lowest BCUT2D eigenvalue weighted by molar-refractivity contribution is -0.274. The molecule has 1 unspecified atom stereocenters. The van der Waals surface area contributed by atoms with Crippen LogP contribution in [0.2, 0.25) is 5.02 Å². The van der Waals surface area contributed by atoms with Gasteiger partial charge in [0, 0.05) is 9.92 Å². The number of halogens is 4. The van der Waals surface area contributed by atoms with Gasteiger partial charge in [-0.25, -0.2) is 0 Å². The average Bonchev–Trinajstić information content (AvgIpc) is 2.50. The van der Waals surface area contributed by atoms with Crippen molar-refractivity contribution in [1.29, 1.82) is 0 Å². The lowest BCUT2D eigenvalue weighted by atomic mass is 10.3. The van der Waals surface area contributed by atoms with Crippen molar-refractivity contribution in [1.82, 2.24) is 0 Å².